The molecule has 0 saturated heterocycles. The Morgan fingerprint density at radius 2 is 2.05 bits per heavy atom. The highest BCUT2D eigenvalue weighted by Crippen LogP contribution is 2.43. The first kappa shape index (κ1) is 16.3. The summed E-state index contributed by atoms with van der Waals surface area (Å²) < 4.78 is 14.4. The van der Waals surface area contributed by atoms with Gasteiger partial charge in [-0.1, -0.05) is 20.8 Å². The van der Waals surface area contributed by atoms with Crippen LogP contribution in [-0.2, 0) is 6.54 Å². The molecular formula is C18H29FN2. The number of hydrogen-bond donors (Lipinski definition) is 1. The fraction of sp³-hybridized carbons (Fsp3) is 0.667. The van der Waals surface area contributed by atoms with Crippen molar-refractivity contribution in [3.63, 3.8) is 0 Å². The number of fused-ring (bicyclic) bond motifs is 1. The Hall–Kier alpha value is -1.09. The molecule has 1 heterocycles. The summed E-state index contributed by atoms with van der Waals surface area (Å²) in [5.41, 5.74) is 3.24. The van der Waals surface area contributed by atoms with Gasteiger partial charge in [-0.25, -0.2) is 4.39 Å². The van der Waals surface area contributed by atoms with Gasteiger partial charge in [0.1, 0.15) is 5.82 Å². The first-order chi connectivity index (χ1) is 9.76. The molecule has 0 amide bonds. The van der Waals surface area contributed by atoms with E-state index in [0.29, 0.717) is 18.5 Å². The van der Waals surface area contributed by atoms with Crippen LogP contribution in [0.3, 0.4) is 0 Å². The Morgan fingerprint density at radius 1 is 1.38 bits per heavy atom. The van der Waals surface area contributed by atoms with E-state index in [1.54, 1.807) is 6.07 Å². The maximum absolute atomic E-state index is 14.4. The monoisotopic (exact) mass is 292 g/mol. The molecule has 1 N–H and O–H groups in total. The molecule has 0 unspecified atom stereocenters. The number of anilines is 1. The smallest absolute Gasteiger partial charge is 0.129 e. The standard InChI is InChI=1S/C18H29FN2/c1-7-21-17-9-16(19)14(11-20-12(2)3)8-15(17)13(4)10-18(21,5)6/h8-9,12-13,20H,7,10-11H2,1-6H3/t13-/m1/s1. The summed E-state index contributed by atoms with van der Waals surface area (Å²) in [5, 5.41) is 3.31. The van der Waals surface area contributed by atoms with Crippen LogP contribution in [0.25, 0.3) is 0 Å². The number of benzene rings is 1. The summed E-state index contributed by atoms with van der Waals surface area (Å²) in [6.07, 6.45) is 1.11. The molecule has 0 aromatic heterocycles. The summed E-state index contributed by atoms with van der Waals surface area (Å²) in [4.78, 5) is 2.34. The van der Waals surface area contributed by atoms with Crippen molar-refractivity contribution >= 4 is 5.69 Å². The second-order valence-corrected chi connectivity index (χ2v) is 7.20. The number of rotatable bonds is 4. The van der Waals surface area contributed by atoms with E-state index in [0.717, 1.165) is 24.2 Å². The summed E-state index contributed by atoms with van der Waals surface area (Å²) in [6.45, 7) is 14.6. The van der Waals surface area contributed by atoms with Crippen LogP contribution in [0, 0.1) is 5.82 Å². The lowest BCUT2D eigenvalue weighted by Crippen LogP contribution is -2.48. The maximum Gasteiger partial charge on any atom is 0.129 e. The Bertz CT molecular complexity index is 508. The molecule has 0 saturated carbocycles. The highest BCUT2D eigenvalue weighted by atomic mass is 19.1. The normalized spacial score (nSPS) is 20.8. The van der Waals surface area contributed by atoms with Gasteiger partial charge in [-0.15, -0.1) is 0 Å². The van der Waals surface area contributed by atoms with Gasteiger partial charge in [0.05, 0.1) is 0 Å². The molecule has 0 radical (unpaired) electrons. The number of halogens is 1. The first-order valence-electron chi connectivity index (χ1n) is 8.09. The van der Waals surface area contributed by atoms with Crippen LogP contribution >= 0.6 is 0 Å². The van der Waals surface area contributed by atoms with Gasteiger partial charge in [-0.2, -0.15) is 0 Å². The molecule has 1 aliphatic rings. The summed E-state index contributed by atoms with van der Waals surface area (Å²) in [7, 11) is 0. The Balaban J connectivity index is 2.41. The number of nitrogens with zero attached hydrogens (tertiary/aromatic N) is 1. The first-order valence-corrected chi connectivity index (χ1v) is 8.09. The van der Waals surface area contributed by atoms with Crippen molar-refractivity contribution in [1.29, 1.82) is 0 Å². The van der Waals surface area contributed by atoms with Crippen LogP contribution < -0.4 is 10.2 Å². The second kappa shape index (κ2) is 5.96. The van der Waals surface area contributed by atoms with Crippen LogP contribution in [0.4, 0.5) is 10.1 Å². The third-order valence-electron chi connectivity index (χ3n) is 4.57. The van der Waals surface area contributed by atoms with Crippen LogP contribution in [0.15, 0.2) is 12.1 Å². The van der Waals surface area contributed by atoms with Crippen LogP contribution in [0.1, 0.15) is 65.0 Å². The van der Waals surface area contributed by atoms with Gasteiger partial charge < -0.3 is 10.2 Å². The largest absolute Gasteiger partial charge is 0.366 e. The van der Waals surface area contributed by atoms with Gasteiger partial charge >= 0.3 is 0 Å². The quantitative estimate of drug-likeness (QED) is 0.883. The highest BCUT2D eigenvalue weighted by molar-refractivity contribution is 5.61. The zero-order valence-corrected chi connectivity index (χ0v) is 14.3. The van der Waals surface area contributed by atoms with Crippen molar-refractivity contribution in [3.05, 3.63) is 29.1 Å². The minimum Gasteiger partial charge on any atom is -0.366 e. The van der Waals surface area contributed by atoms with Gasteiger partial charge in [0, 0.05) is 35.9 Å². The van der Waals surface area contributed by atoms with E-state index < -0.39 is 0 Å². The van der Waals surface area contributed by atoms with Gasteiger partial charge in [0.2, 0.25) is 0 Å². The van der Waals surface area contributed by atoms with E-state index in [4.69, 9.17) is 0 Å². The average Bonchev–Trinajstić information content (AvgIpc) is 2.36. The van der Waals surface area contributed by atoms with Crippen LogP contribution in [0.5, 0.6) is 0 Å². The molecular weight excluding hydrogens is 263 g/mol. The van der Waals surface area contributed by atoms with Gasteiger partial charge in [0.15, 0.2) is 0 Å². The highest BCUT2D eigenvalue weighted by Gasteiger charge is 2.36. The molecule has 2 nitrogen and oxygen atoms in total. The van der Waals surface area contributed by atoms with Crippen molar-refractivity contribution < 1.29 is 4.39 Å². The molecule has 21 heavy (non-hydrogen) atoms. The lowest BCUT2D eigenvalue weighted by Gasteiger charge is -2.47. The molecule has 2 rings (SSSR count). The topological polar surface area (TPSA) is 15.3 Å². The lowest BCUT2D eigenvalue weighted by atomic mass is 9.79. The number of nitrogens with one attached hydrogen (secondary N) is 1. The van der Waals surface area contributed by atoms with Crippen LogP contribution in [-0.4, -0.2) is 18.1 Å². The molecule has 118 valence electrons. The predicted octanol–water partition coefficient (Wildman–Crippen LogP) is 4.44. The van der Waals surface area contributed by atoms with Crippen molar-refractivity contribution in [2.75, 3.05) is 11.4 Å². The average molecular weight is 292 g/mol. The maximum atomic E-state index is 14.4. The van der Waals surface area contributed by atoms with Gasteiger partial charge in [0.25, 0.3) is 0 Å². The molecule has 0 bridgehead atoms. The third kappa shape index (κ3) is 3.23. The fourth-order valence-corrected chi connectivity index (χ4v) is 3.60. The minimum absolute atomic E-state index is 0.0886. The second-order valence-electron chi connectivity index (χ2n) is 7.20. The third-order valence-corrected chi connectivity index (χ3v) is 4.57. The lowest BCUT2D eigenvalue weighted by molar-refractivity contribution is 0.380. The molecule has 0 fully saturated rings. The summed E-state index contributed by atoms with van der Waals surface area (Å²) in [5.74, 6) is 0.376. The van der Waals surface area contributed by atoms with Crippen molar-refractivity contribution in [2.45, 2.75) is 72.0 Å². The van der Waals surface area contributed by atoms with Crippen molar-refractivity contribution in [3.8, 4) is 0 Å². The molecule has 1 aromatic carbocycles. The Labute approximate surface area is 128 Å². The van der Waals surface area contributed by atoms with Gasteiger partial charge in [-0.05, 0) is 50.8 Å². The minimum atomic E-state index is -0.0924. The van der Waals surface area contributed by atoms with E-state index in [9.17, 15) is 4.39 Å². The van der Waals surface area contributed by atoms with Crippen LogP contribution in [0.2, 0.25) is 0 Å². The summed E-state index contributed by atoms with van der Waals surface area (Å²) >= 11 is 0. The predicted molar refractivity (Wildman–Crippen MR) is 88.5 cm³/mol. The molecule has 1 aliphatic heterocycles. The SMILES string of the molecule is CCN1c2cc(F)c(CNC(C)C)cc2[C@H](C)CC1(C)C. The molecule has 1 atom stereocenters. The van der Waals surface area contributed by atoms with Crippen molar-refractivity contribution in [1.82, 2.24) is 5.32 Å². The molecule has 1 aromatic rings. The Morgan fingerprint density at radius 3 is 2.62 bits per heavy atom. The van der Waals surface area contributed by atoms with Gasteiger partial charge in [-0.3, -0.25) is 0 Å². The zero-order chi connectivity index (χ0) is 15.8. The van der Waals surface area contributed by atoms with Crippen molar-refractivity contribution in [2.24, 2.45) is 0 Å². The van der Waals surface area contributed by atoms with E-state index in [1.807, 2.05) is 0 Å². The van der Waals surface area contributed by atoms with E-state index >= 15 is 0 Å². The Kier molecular flexibility index (Phi) is 4.62. The fourth-order valence-electron chi connectivity index (χ4n) is 3.60. The molecule has 0 spiro atoms. The van der Waals surface area contributed by atoms with E-state index in [2.05, 4.69) is 57.8 Å². The summed E-state index contributed by atoms with van der Waals surface area (Å²) in [6, 6.07) is 4.18. The van der Waals surface area contributed by atoms with E-state index in [1.165, 1.54) is 5.56 Å². The molecule has 3 heteroatoms. The van der Waals surface area contributed by atoms with E-state index in [-0.39, 0.29) is 11.4 Å². The number of hydrogen-bond acceptors (Lipinski definition) is 2. The molecule has 0 aliphatic carbocycles. The zero-order valence-electron chi connectivity index (χ0n) is 14.3.